The van der Waals surface area contributed by atoms with E-state index >= 15 is 4.79 Å². The van der Waals surface area contributed by atoms with E-state index in [4.69, 9.17) is 0 Å². The van der Waals surface area contributed by atoms with Crippen molar-refractivity contribution in [1.29, 1.82) is 0 Å². The summed E-state index contributed by atoms with van der Waals surface area (Å²) in [6, 6.07) is -1.37. The molecule has 0 radical (unpaired) electrons. The third kappa shape index (κ3) is 8.36. The van der Waals surface area contributed by atoms with Crippen molar-refractivity contribution in [2.75, 3.05) is 13.1 Å². The first kappa shape index (κ1) is 44.1. The van der Waals surface area contributed by atoms with Crippen LogP contribution in [-0.4, -0.2) is 82.0 Å². The lowest BCUT2D eigenvalue weighted by Gasteiger charge is -2.40. The normalized spacial score (nSPS) is 29.0. The largest absolute Gasteiger partial charge is 0.345 e. The number of fused-ring (bicyclic) bond motifs is 1. The van der Waals surface area contributed by atoms with Crippen LogP contribution in [0.3, 0.4) is 0 Å². The van der Waals surface area contributed by atoms with E-state index in [1.807, 2.05) is 32.6 Å². The molecule has 6 aliphatic rings. The van der Waals surface area contributed by atoms with E-state index in [0.717, 1.165) is 96.4 Å². The number of likely N-dealkylation sites (tertiary alicyclic amines) is 2. The average Bonchev–Trinajstić information content (AvgIpc) is 3.34. The van der Waals surface area contributed by atoms with Crippen molar-refractivity contribution >= 4 is 34.9 Å². The first-order valence-corrected chi connectivity index (χ1v) is 23.4. The fraction of sp³-hybridized carbons (Fsp3) is 0.875. The Labute approximate surface area is 344 Å². The van der Waals surface area contributed by atoms with Gasteiger partial charge in [-0.2, -0.15) is 0 Å². The highest BCUT2D eigenvalue weighted by atomic mass is 16.2. The van der Waals surface area contributed by atoms with Gasteiger partial charge in [0.25, 0.3) is 0 Å². The van der Waals surface area contributed by atoms with Crippen molar-refractivity contribution in [2.45, 2.75) is 208 Å². The zero-order valence-electron chi connectivity index (χ0n) is 37.0. The van der Waals surface area contributed by atoms with E-state index < -0.39 is 35.1 Å². The number of rotatable bonds is 17. The van der Waals surface area contributed by atoms with E-state index in [9.17, 15) is 24.0 Å². The van der Waals surface area contributed by atoms with Crippen molar-refractivity contribution in [1.82, 2.24) is 15.1 Å². The van der Waals surface area contributed by atoms with Crippen LogP contribution in [0, 0.1) is 45.3 Å². The molecule has 0 bridgehead atoms. The Morgan fingerprint density at radius 3 is 2.00 bits per heavy atom. The van der Waals surface area contributed by atoms with Gasteiger partial charge in [-0.15, -0.1) is 0 Å². The average molecular weight is 792 g/mol. The number of carbonyl (C=O) groups is 6. The Bertz CT molecular complexity index is 1530. The second-order valence-corrected chi connectivity index (χ2v) is 21.6. The standard InChI is InChI=1S/C48H77N3O6/c1-9-17-34(42(55)40(54)26-32-18-15-19-32)27-38(52)37-29-48(46(7,8)47(48)23-16-24-47)30-51(37)44(57)35(45(4,5)6)28-39(53)41(33-20-11-10-12-21-33)49-43(56)36-22-13-14-25-50(36)31(2)3/h31-37,41H,9-30H2,1-8H3,(H,49,56)/t34-,35-,36+,37+,41+,48-/m1/s1. The van der Waals surface area contributed by atoms with E-state index in [0.29, 0.717) is 25.8 Å². The Balaban J connectivity index is 1.25. The van der Waals surface area contributed by atoms with Crippen LogP contribution < -0.4 is 5.32 Å². The molecule has 1 N–H and O–H groups in total. The maximum Gasteiger partial charge on any atom is 0.237 e. The van der Waals surface area contributed by atoms with Gasteiger partial charge in [0.1, 0.15) is 0 Å². The molecule has 2 saturated heterocycles. The molecule has 4 saturated carbocycles. The highest BCUT2D eigenvalue weighted by Gasteiger charge is 2.85. The van der Waals surface area contributed by atoms with Crippen LogP contribution in [0.1, 0.15) is 184 Å². The number of nitrogens with zero attached hydrogens (tertiary/aromatic N) is 2. The van der Waals surface area contributed by atoms with Crippen molar-refractivity contribution in [2.24, 2.45) is 45.3 Å². The molecule has 0 aromatic rings. The van der Waals surface area contributed by atoms with Gasteiger partial charge < -0.3 is 10.2 Å². The third-order valence-corrected chi connectivity index (χ3v) is 16.9. The van der Waals surface area contributed by atoms with Gasteiger partial charge in [0.2, 0.25) is 17.6 Å². The van der Waals surface area contributed by atoms with Gasteiger partial charge in [-0.05, 0) is 113 Å². The number of nitrogens with one attached hydrogen (secondary N) is 1. The summed E-state index contributed by atoms with van der Waals surface area (Å²) in [4.78, 5) is 89.7. The SMILES string of the molecule is CCC[C@H](CC(=O)[C@@H]1C[C@@]2(CN1C(=O)[C@@H](CC(=O)[C@@H](NC(=O)[C@@H]1CCCCN1C(C)C)C1CCCCC1)C(C)(C)C)C(C)(C)C21CCC1)C(=O)C(=O)CC1CCC1. The predicted molar refractivity (Wildman–Crippen MR) is 223 cm³/mol. The second-order valence-electron chi connectivity index (χ2n) is 21.6. The third-order valence-electron chi connectivity index (χ3n) is 16.9. The molecule has 2 aliphatic heterocycles. The number of hydrogen-bond donors (Lipinski definition) is 1. The Hall–Kier alpha value is -2.42. The summed E-state index contributed by atoms with van der Waals surface area (Å²) in [5.41, 5.74) is -0.713. The van der Waals surface area contributed by atoms with Gasteiger partial charge in [0, 0.05) is 49.1 Å². The summed E-state index contributed by atoms with van der Waals surface area (Å²) in [5, 5.41) is 3.30. The molecule has 9 nitrogen and oxygen atoms in total. The summed E-state index contributed by atoms with van der Waals surface area (Å²) in [6.07, 6.45) is 16.2. The van der Waals surface area contributed by atoms with Gasteiger partial charge in [0.05, 0.1) is 18.1 Å². The van der Waals surface area contributed by atoms with Crippen LogP contribution in [0.4, 0.5) is 0 Å². The molecule has 2 amide bonds. The highest BCUT2D eigenvalue weighted by molar-refractivity contribution is 6.38. The topological polar surface area (TPSA) is 121 Å². The molecule has 6 rings (SSSR count). The van der Waals surface area contributed by atoms with E-state index in [1.54, 1.807) is 0 Å². The monoisotopic (exact) mass is 792 g/mol. The number of ketones is 4. The molecular formula is C48H77N3O6. The second kappa shape index (κ2) is 17.3. The number of carbonyl (C=O) groups excluding carboxylic acids is 6. The van der Waals surface area contributed by atoms with Gasteiger partial charge in [-0.3, -0.25) is 33.7 Å². The molecule has 320 valence electrons. The fourth-order valence-electron chi connectivity index (χ4n) is 12.8. The molecule has 0 aromatic carbocycles. The summed E-state index contributed by atoms with van der Waals surface area (Å²) >= 11 is 0. The number of Topliss-reactive ketones (excluding diaryl/α,β-unsaturated/α-hetero) is 4. The van der Waals surface area contributed by atoms with Gasteiger partial charge in [-0.1, -0.05) is 86.5 Å². The smallest absolute Gasteiger partial charge is 0.237 e. The van der Waals surface area contributed by atoms with Crippen LogP contribution in [-0.2, 0) is 28.8 Å². The zero-order valence-corrected chi connectivity index (χ0v) is 37.0. The van der Waals surface area contributed by atoms with Crippen LogP contribution in [0.5, 0.6) is 0 Å². The molecule has 0 unspecified atom stereocenters. The molecule has 6 atom stereocenters. The zero-order chi connectivity index (χ0) is 41.5. The fourth-order valence-corrected chi connectivity index (χ4v) is 12.8. The first-order chi connectivity index (χ1) is 26.9. The van der Waals surface area contributed by atoms with Crippen LogP contribution in [0.15, 0.2) is 0 Å². The van der Waals surface area contributed by atoms with Crippen molar-refractivity contribution in [3.8, 4) is 0 Å². The highest BCUT2D eigenvalue weighted by Crippen LogP contribution is 2.88. The van der Waals surface area contributed by atoms with Crippen LogP contribution >= 0.6 is 0 Å². The molecule has 9 heteroatoms. The molecule has 0 aromatic heterocycles. The summed E-state index contributed by atoms with van der Waals surface area (Å²) in [5.74, 6) is -2.20. The Morgan fingerprint density at radius 1 is 0.789 bits per heavy atom. The Morgan fingerprint density at radius 2 is 1.46 bits per heavy atom. The van der Waals surface area contributed by atoms with Crippen LogP contribution in [0.25, 0.3) is 0 Å². The van der Waals surface area contributed by atoms with Gasteiger partial charge in [0.15, 0.2) is 17.3 Å². The van der Waals surface area contributed by atoms with Crippen molar-refractivity contribution in [3.05, 3.63) is 0 Å². The molecule has 2 heterocycles. The lowest BCUT2D eigenvalue weighted by Crippen LogP contribution is -2.57. The number of amides is 2. The Kier molecular flexibility index (Phi) is 13.4. The number of hydrogen-bond acceptors (Lipinski definition) is 7. The quantitative estimate of drug-likeness (QED) is 0.147. The van der Waals surface area contributed by atoms with E-state index in [1.165, 1.54) is 0 Å². The maximum atomic E-state index is 15.3. The van der Waals surface area contributed by atoms with Gasteiger partial charge in [-0.25, -0.2) is 0 Å². The van der Waals surface area contributed by atoms with Gasteiger partial charge >= 0.3 is 0 Å². The first-order valence-electron chi connectivity index (χ1n) is 23.4. The maximum absolute atomic E-state index is 15.3. The molecule has 2 spiro atoms. The minimum atomic E-state index is -0.687. The van der Waals surface area contributed by atoms with E-state index in [-0.39, 0.29) is 88.6 Å². The summed E-state index contributed by atoms with van der Waals surface area (Å²) < 4.78 is 0. The lowest BCUT2D eigenvalue weighted by atomic mass is 9.73. The van der Waals surface area contributed by atoms with E-state index in [2.05, 4.69) is 37.9 Å². The molecule has 57 heavy (non-hydrogen) atoms. The minimum absolute atomic E-state index is 0.00784. The summed E-state index contributed by atoms with van der Waals surface area (Å²) in [7, 11) is 0. The summed E-state index contributed by atoms with van der Waals surface area (Å²) in [6.45, 7) is 18.2. The van der Waals surface area contributed by atoms with Crippen molar-refractivity contribution in [3.63, 3.8) is 0 Å². The minimum Gasteiger partial charge on any atom is -0.345 e. The molecule has 6 fully saturated rings. The molecular weight excluding hydrogens is 715 g/mol. The van der Waals surface area contributed by atoms with Crippen LogP contribution in [0.2, 0.25) is 0 Å². The lowest BCUT2D eigenvalue weighted by molar-refractivity contribution is -0.147. The number of piperidine rings is 1. The van der Waals surface area contributed by atoms with Crippen molar-refractivity contribution < 1.29 is 28.8 Å². The predicted octanol–water partition coefficient (Wildman–Crippen LogP) is 8.44. The molecule has 4 aliphatic carbocycles.